The van der Waals surface area contributed by atoms with Crippen LogP contribution in [0.5, 0.6) is 11.5 Å². The first-order valence-electron chi connectivity index (χ1n) is 10.7. The number of nitrogens with zero attached hydrogens (tertiary/aromatic N) is 2. The molecule has 2 heterocycles. The van der Waals surface area contributed by atoms with Gasteiger partial charge in [0.1, 0.15) is 22.7 Å². The second-order valence-electron chi connectivity index (χ2n) is 7.25. The van der Waals surface area contributed by atoms with Gasteiger partial charge >= 0.3 is 0 Å². The van der Waals surface area contributed by atoms with E-state index in [9.17, 15) is 0 Å². The summed E-state index contributed by atoms with van der Waals surface area (Å²) in [6.07, 6.45) is 5.65. The maximum atomic E-state index is 5.44. The molecule has 32 heavy (non-hydrogen) atoms. The number of benzene rings is 2. The minimum atomic E-state index is 0. The topological polar surface area (TPSA) is 25.6 Å². The van der Waals surface area contributed by atoms with Crippen molar-refractivity contribution in [3.63, 3.8) is 0 Å². The van der Waals surface area contributed by atoms with Crippen LogP contribution >= 0.6 is 23.1 Å². The lowest BCUT2D eigenvalue weighted by molar-refractivity contribution is -0.665. The Labute approximate surface area is 215 Å². The van der Waals surface area contributed by atoms with Gasteiger partial charge in [-0.25, -0.2) is 0 Å². The van der Waals surface area contributed by atoms with E-state index in [1.807, 2.05) is 35.2 Å². The Kier molecular flexibility index (Phi) is 8.52. The van der Waals surface area contributed by atoms with Gasteiger partial charge < -0.3 is 38.4 Å². The Morgan fingerprint density at radius 2 is 1.75 bits per heavy atom. The molecule has 0 fully saturated rings. The fourth-order valence-corrected chi connectivity index (χ4v) is 6.21. The van der Waals surface area contributed by atoms with Crippen LogP contribution in [0.4, 0.5) is 5.69 Å². The molecule has 0 saturated heterocycles. The van der Waals surface area contributed by atoms with Crippen LogP contribution in [0.15, 0.2) is 58.0 Å². The predicted octanol–water partition coefficient (Wildman–Crippen LogP) is 3.50. The van der Waals surface area contributed by atoms with E-state index >= 15 is 0 Å². The Bertz CT molecular complexity index is 1170. The van der Waals surface area contributed by atoms with Crippen LogP contribution in [-0.4, -0.2) is 20.8 Å². The normalized spacial score (nSPS) is 14.6. The number of anilines is 1. The molecule has 2 aromatic carbocycles. The van der Waals surface area contributed by atoms with Crippen molar-refractivity contribution in [2.24, 2.45) is 0 Å². The molecule has 1 aliphatic heterocycles. The van der Waals surface area contributed by atoms with Gasteiger partial charge in [-0.1, -0.05) is 30.0 Å². The van der Waals surface area contributed by atoms with E-state index in [1.165, 1.54) is 36.4 Å². The number of aryl methyl sites for hydroxylation is 1. The highest BCUT2D eigenvalue weighted by Crippen LogP contribution is 2.47. The number of methoxy groups -OCH3 is 2. The summed E-state index contributed by atoms with van der Waals surface area (Å²) in [5, 5.41) is 2.54. The fourth-order valence-electron chi connectivity index (χ4n) is 3.85. The van der Waals surface area contributed by atoms with E-state index in [0.717, 1.165) is 31.0 Å². The molecule has 0 amide bonds. The summed E-state index contributed by atoms with van der Waals surface area (Å²) in [5.41, 5.74) is 3.78. The minimum Gasteiger partial charge on any atom is -1.00 e. The number of aromatic nitrogens is 1. The van der Waals surface area contributed by atoms with Crippen LogP contribution in [0.25, 0.3) is 16.3 Å². The van der Waals surface area contributed by atoms with Gasteiger partial charge in [-0.15, -0.1) is 0 Å². The van der Waals surface area contributed by atoms with Crippen molar-refractivity contribution in [2.75, 3.05) is 25.7 Å². The van der Waals surface area contributed by atoms with Crippen molar-refractivity contribution >= 4 is 45.1 Å². The first-order valence-corrected chi connectivity index (χ1v) is 12.3. The predicted molar refractivity (Wildman–Crippen MR) is 132 cm³/mol. The second kappa shape index (κ2) is 10.9. The maximum Gasteiger partial charge on any atom is 0.263 e. The third kappa shape index (κ3) is 4.79. The number of hydrogen-bond donors (Lipinski definition) is 0. The quantitative estimate of drug-likeness (QED) is 0.316. The summed E-state index contributed by atoms with van der Waals surface area (Å²) < 4.78 is 14.5. The molecule has 4 nitrogen and oxygen atoms in total. The summed E-state index contributed by atoms with van der Waals surface area (Å²) in [6, 6.07) is 12.6. The molecule has 0 N–H and O–H groups in total. The molecule has 4 rings (SSSR count). The second-order valence-corrected chi connectivity index (χ2v) is 9.38. The molecule has 0 saturated carbocycles. The maximum absolute atomic E-state index is 5.44. The number of thiazole rings is 1. The van der Waals surface area contributed by atoms with Crippen LogP contribution in [0.1, 0.15) is 32.2 Å². The molecule has 0 unspecified atom stereocenters. The highest BCUT2D eigenvalue weighted by Gasteiger charge is 2.25. The summed E-state index contributed by atoms with van der Waals surface area (Å²) in [4.78, 5) is 3.65. The lowest BCUT2D eigenvalue weighted by atomic mass is 10.2. The smallest absolute Gasteiger partial charge is 0.263 e. The first kappa shape index (κ1) is 24.9. The first-order chi connectivity index (χ1) is 15.1. The Morgan fingerprint density at radius 3 is 2.41 bits per heavy atom. The van der Waals surface area contributed by atoms with Crippen molar-refractivity contribution in [1.82, 2.24) is 0 Å². The van der Waals surface area contributed by atoms with Crippen LogP contribution in [0, 0.1) is 0 Å². The third-order valence-corrected chi connectivity index (χ3v) is 7.76. The van der Waals surface area contributed by atoms with Gasteiger partial charge in [0.15, 0.2) is 0 Å². The Balaban J connectivity index is 0.00000289. The van der Waals surface area contributed by atoms with Crippen molar-refractivity contribution in [1.29, 1.82) is 0 Å². The van der Waals surface area contributed by atoms with Crippen LogP contribution in [0.2, 0.25) is 0 Å². The summed E-state index contributed by atoms with van der Waals surface area (Å²) >= 11 is 3.67. The molecule has 1 aromatic heterocycles. The number of thioether (sulfide) groups is 1. The van der Waals surface area contributed by atoms with Crippen LogP contribution < -0.4 is 42.9 Å². The standard InChI is InChI=1S/C25H29N2O2S2.HI/c1-6-17(13-24-26(7-2)20-15-18(28-4)9-11-22(20)30-24)14-25-27(8-3)21-16-19(29-5)10-12-23(21)31-25;/h9-16H,6-8H2,1-5H3;1H/q+1;/p-1. The highest BCUT2D eigenvalue weighted by molar-refractivity contribution is 8.03. The molecule has 0 radical (unpaired) electrons. The zero-order valence-corrected chi connectivity index (χ0v) is 22.9. The number of ether oxygens (including phenoxy) is 2. The zero-order valence-electron chi connectivity index (χ0n) is 19.1. The molecule has 3 aromatic rings. The lowest BCUT2D eigenvalue weighted by Gasteiger charge is -2.18. The minimum absolute atomic E-state index is 0. The molecule has 0 spiro atoms. The van der Waals surface area contributed by atoms with Crippen molar-refractivity contribution in [3.8, 4) is 11.5 Å². The van der Waals surface area contributed by atoms with Gasteiger partial charge in [-0.2, -0.15) is 4.57 Å². The summed E-state index contributed by atoms with van der Waals surface area (Å²) in [5.74, 6) is 1.80. The fraction of sp³-hybridized carbons (Fsp3) is 0.320. The lowest BCUT2D eigenvalue weighted by Crippen LogP contribution is -3.00. The molecule has 7 heteroatoms. The van der Waals surface area contributed by atoms with Crippen LogP contribution in [0.3, 0.4) is 0 Å². The molecule has 170 valence electrons. The van der Waals surface area contributed by atoms with Gasteiger partial charge in [-0.3, -0.25) is 0 Å². The van der Waals surface area contributed by atoms with Gasteiger partial charge in [-0.05, 0) is 56.2 Å². The number of hydrogen-bond acceptors (Lipinski definition) is 5. The monoisotopic (exact) mass is 580 g/mol. The SMILES string of the molecule is CCC(=Cc1sc2ccc(OC)cc2[n+]1CC)C=C1Sc2ccc(OC)cc2N1CC.[I-]. The number of fused-ring (bicyclic) bond motifs is 2. The van der Waals surface area contributed by atoms with E-state index in [2.05, 4.69) is 66.7 Å². The highest BCUT2D eigenvalue weighted by atomic mass is 127. The van der Waals surface area contributed by atoms with Gasteiger partial charge in [0.05, 0.1) is 31.0 Å². The van der Waals surface area contributed by atoms with Crippen molar-refractivity contribution in [2.45, 2.75) is 38.6 Å². The number of allylic oxidation sites excluding steroid dienone is 2. The van der Waals surface area contributed by atoms with Gasteiger partial charge in [0.2, 0.25) is 5.52 Å². The van der Waals surface area contributed by atoms with E-state index in [-0.39, 0.29) is 24.0 Å². The van der Waals surface area contributed by atoms with Crippen molar-refractivity contribution in [3.05, 3.63) is 58.1 Å². The largest absolute Gasteiger partial charge is 1.00 e. The van der Waals surface area contributed by atoms with E-state index < -0.39 is 0 Å². The third-order valence-electron chi connectivity index (χ3n) is 5.53. The molecular weight excluding hydrogens is 551 g/mol. The molecule has 0 aliphatic carbocycles. The average molecular weight is 581 g/mol. The van der Waals surface area contributed by atoms with Gasteiger partial charge in [0.25, 0.3) is 5.01 Å². The number of halogens is 1. The molecular formula is C25H29IN2O2S2. The Morgan fingerprint density at radius 1 is 1.03 bits per heavy atom. The zero-order chi connectivity index (χ0) is 22.0. The van der Waals surface area contributed by atoms with Crippen molar-refractivity contribution < 1.29 is 38.0 Å². The molecule has 1 aliphatic rings. The number of rotatable bonds is 7. The Hall–Kier alpha value is -1.71. The van der Waals surface area contributed by atoms with E-state index in [4.69, 9.17) is 9.47 Å². The summed E-state index contributed by atoms with van der Waals surface area (Å²) in [7, 11) is 3.44. The van der Waals surface area contributed by atoms with E-state index in [1.54, 1.807) is 14.2 Å². The average Bonchev–Trinajstić information content (AvgIpc) is 3.33. The summed E-state index contributed by atoms with van der Waals surface area (Å²) in [6.45, 7) is 8.47. The van der Waals surface area contributed by atoms with Gasteiger partial charge in [0, 0.05) is 23.6 Å². The van der Waals surface area contributed by atoms with Crippen LogP contribution in [-0.2, 0) is 6.54 Å². The molecule has 0 bridgehead atoms. The van der Waals surface area contributed by atoms with E-state index in [0.29, 0.717) is 0 Å². The molecule has 0 atom stereocenters.